The minimum atomic E-state index is -4.55. The molecule has 2 fully saturated rings. The van der Waals surface area contributed by atoms with Crippen LogP contribution in [0.2, 0.25) is 0 Å². The zero-order valence-electron chi connectivity index (χ0n) is 23.1. The van der Waals surface area contributed by atoms with E-state index in [2.05, 4.69) is 22.4 Å². The highest BCUT2D eigenvalue weighted by Crippen LogP contribution is 2.43. The smallest absolute Gasteiger partial charge is 0.320 e. The molecule has 1 aliphatic heterocycles. The van der Waals surface area contributed by atoms with E-state index in [0.29, 0.717) is 23.7 Å². The van der Waals surface area contributed by atoms with Crippen molar-refractivity contribution < 1.29 is 18.0 Å². The second kappa shape index (κ2) is 10.3. The van der Waals surface area contributed by atoms with Gasteiger partial charge < -0.3 is 14.8 Å². The van der Waals surface area contributed by atoms with E-state index >= 15 is 0 Å². The predicted octanol–water partition coefficient (Wildman–Crippen LogP) is 6.74. The monoisotopic (exact) mass is 551 g/mol. The number of rotatable bonds is 7. The van der Waals surface area contributed by atoms with Crippen LogP contribution in [-0.4, -0.2) is 26.2 Å². The van der Waals surface area contributed by atoms with E-state index in [0.717, 1.165) is 56.3 Å². The number of nitrogens with zero attached hydrogens (tertiary/aromatic N) is 4. The molecule has 1 atom stereocenters. The molecular formula is C31H36F3N5O. The van der Waals surface area contributed by atoms with Crippen LogP contribution in [0, 0.1) is 5.92 Å². The fourth-order valence-electron chi connectivity index (χ4n) is 6.79. The summed E-state index contributed by atoms with van der Waals surface area (Å²) in [6.45, 7) is 2.29. The number of benzene rings is 2. The first kappa shape index (κ1) is 27.0. The van der Waals surface area contributed by atoms with Crippen molar-refractivity contribution in [1.82, 2.24) is 20.1 Å². The number of halogens is 3. The molecule has 6 nitrogen and oxygen atoms in total. The second-order valence-electron chi connectivity index (χ2n) is 12.1. The molecule has 3 aromatic rings. The Morgan fingerprint density at radius 2 is 1.88 bits per heavy atom. The minimum Gasteiger partial charge on any atom is -0.320 e. The Balaban J connectivity index is 1.33. The Bertz CT molecular complexity index is 1400. The van der Waals surface area contributed by atoms with Crippen LogP contribution in [0.15, 0.2) is 42.7 Å². The van der Waals surface area contributed by atoms with Crippen molar-refractivity contribution in [3.63, 3.8) is 0 Å². The van der Waals surface area contributed by atoms with E-state index in [4.69, 9.17) is 0 Å². The number of aromatic nitrogens is 3. The lowest BCUT2D eigenvalue weighted by molar-refractivity contribution is -0.138. The quantitative estimate of drug-likeness (QED) is 0.353. The molecule has 2 aliphatic carbocycles. The molecule has 0 radical (unpaired) electrons. The number of alkyl halides is 3. The highest BCUT2D eigenvalue weighted by molar-refractivity contribution is 6.10. The fraction of sp³-hybridized carbons (Fsp3) is 0.516. The van der Waals surface area contributed by atoms with Crippen molar-refractivity contribution in [2.24, 2.45) is 13.0 Å². The lowest BCUT2D eigenvalue weighted by Gasteiger charge is -2.39. The van der Waals surface area contributed by atoms with Gasteiger partial charge in [-0.25, -0.2) is 0 Å². The van der Waals surface area contributed by atoms with Crippen LogP contribution >= 0.6 is 0 Å². The minimum absolute atomic E-state index is 0.00381. The number of fused-ring (bicyclic) bond motifs is 1. The number of amides is 1. The highest BCUT2D eigenvalue weighted by Gasteiger charge is 2.41. The molecule has 2 heterocycles. The van der Waals surface area contributed by atoms with Crippen LogP contribution in [0.25, 0.3) is 0 Å². The molecule has 1 unspecified atom stereocenters. The SMILES string of the molecule is Cn1cnnc1C(c1cccc(N2Cc3c(cc(CNC4(C)CCC4)cc3C(F)(F)F)C2=O)c1)C1CCCCC1. The van der Waals surface area contributed by atoms with Crippen LogP contribution in [0.3, 0.4) is 0 Å². The van der Waals surface area contributed by atoms with E-state index in [9.17, 15) is 18.0 Å². The standard InChI is InChI=1S/C31H36F3N5O/c1-30(12-7-13-30)35-17-20-14-24-25(26(15-20)31(32,33)34)18-39(29(24)40)23-11-6-10-22(16-23)27(21-8-4-3-5-9-21)28-37-36-19-38(28)2/h6,10-11,14-16,19,21,27,35H,3-5,7-9,12-13,17-18H2,1-2H3. The average molecular weight is 552 g/mol. The number of carbonyl (C=O) groups is 1. The van der Waals surface area contributed by atoms with E-state index < -0.39 is 11.7 Å². The Hall–Kier alpha value is -3.20. The summed E-state index contributed by atoms with van der Waals surface area (Å²) in [7, 11) is 1.94. The number of hydrogen-bond acceptors (Lipinski definition) is 4. The molecule has 0 saturated heterocycles. The average Bonchev–Trinajstić information content (AvgIpc) is 3.49. The Morgan fingerprint density at radius 3 is 2.52 bits per heavy atom. The van der Waals surface area contributed by atoms with E-state index in [1.165, 1.54) is 17.4 Å². The molecular weight excluding hydrogens is 515 g/mol. The number of hydrogen-bond donors (Lipinski definition) is 1. The third kappa shape index (κ3) is 5.04. The number of carbonyl (C=O) groups excluding carboxylic acids is 1. The van der Waals surface area contributed by atoms with Gasteiger partial charge in [0, 0.05) is 36.3 Å². The fourth-order valence-corrected chi connectivity index (χ4v) is 6.79. The van der Waals surface area contributed by atoms with Gasteiger partial charge in [-0.3, -0.25) is 4.79 Å². The van der Waals surface area contributed by atoms with Crippen LogP contribution in [0.4, 0.5) is 18.9 Å². The van der Waals surface area contributed by atoms with Gasteiger partial charge in [0.15, 0.2) is 0 Å². The lowest BCUT2D eigenvalue weighted by atomic mass is 9.76. The third-order valence-electron chi connectivity index (χ3n) is 9.27. The van der Waals surface area contributed by atoms with Gasteiger partial charge in [0.25, 0.3) is 5.91 Å². The molecule has 3 aliphatic rings. The summed E-state index contributed by atoms with van der Waals surface area (Å²) in [4.78, 5) is 15.2. The summed E-state index contributed by atoms with van der Waals surface area (Å²) in [6.07, 6.45) is 5.99. The van der Waals surface area contributed by atoms with Crippen molar-refractivity contribution in [3.05, 3.63) is 76.4 Å². The van der Waals surface area contributed by atoms with Crippen LogP contribution in [0.1, 0.15) is 103 Å². The first-order valence-electron chi connectivity index (χ1n) is 14.4. The molecule has 9 heteroatoms. The molecule has 0 bridgehead atoms. The normalized spacial score (nSPS) is 19.9. The summed E-state index contributed by atoms with van der Waals surface area (Å²) >= 11 is 0. The Labute approximate surface area is 233 Å². The van der Waals surface area contributed by atoms with Gasteiger partial charge >= 0.3 is 6.18 Å². The maximum absolute atomic E-state index is 14.2. The molecule has 2 saturated carbocycles. The number of aryl methyl sites for hydroxylation is 1. The van der Waals surface area contributed by atoms with Gasteiger partial charge in [-0.1, -0.05) is 31.4 Å². The zero-order chi connectivity index (χ0) is 28.1. The Morgan fingerprint density at radius 1 is 1.10 bits per heavy atom. The third-order valence-corrected chi connectivity index (χ3v) is 9.27. The van der Waals surface area contributed by atoms with E-state index in [-0.39, 0.29) is 35.0 Å². The molecule has 1 amide bonds. The summed E-state index contributed by atoms with van der Waals surface area (Å²) in [5.74, 6) is 0.880. The predicted molar refractivity (Wildman–Crippen MR) is 147 cm³/mol. The second-order valence-corrected chi connectivity index (χ2v) is 12.1. The summed E-state index contributed by atoms with van der Waals surface area (Å²) in [5.41, 5.74) is 1.54. The van der Waals surface area contributed by atoms with Crippen LogP contribution < -0.4 is 10.2 Å². The van der Waals surface area contributed by atoms with E-state index in [1.54, 1.807) is 12.4 Å². The molecule has 2 aromatic carbocycles. The van der Waals surface area contributed by atoms with Crippen molar-refractivity contribution in [2.75, 3.05) is 4.90 Å². The number of anilines is 1. The first-order chi connectivity index (χ1) is 19.1. The number of nitrogens with one attached hydrogen (secondary N) is 1. The molecule has 1 N–H and O–H groups in total. The first-order valence-corrected chi connectivity index (χ1v) is 14.4. The van der Waals surface area contributed by atoms with Crippen molar-refractivity contribution in [2.45, 2.75) is 89.0 Å². The largest absolute Gasteiger partial charge is 0.416 e. The molecule has 0 spiro atoms. The molecule has 212 valence electrons. The molecule has 40 heavy (non-hydrogen) atoms. The highest BCUT2D eigenvalue weighted by atomic mass is 19.4. The van der Waals surface area contributed by atoms with Crippen LogP contribution in [-0.2, 0) is 26.3 Å². The molecule has 6 rings (SSSR count). The van der Waals surface area contributed by atoms with E-state index in [1.807, 2.05) is 35.9 Å². The maximum atomic E-state index is 14.2. The molecule has 1 aromatic heterocycles. The summed E-state index contributed by atoms with van der Waals surface area (Å²) in [6, 6.07) is 10.6. The van der Waals surface area contributed by atoms with Gasteiger partial charge in [-0.05, 0) is 85.9 Å². The van der Waals surface area contributed by atoms with Crippen molar-refractivity contribution >= 4 is 11.6 Å². The summed E-state index contributed by atoms with van der Waals surface area (Å²) < 4.78 is 44.7. The Kier molecular flexibility index (Phi) is 6.97. The van der Waals surface area contributed by atoms with Crippen molar-refractivity contribution in [1.29, 1.82) is 0 Å². The van der Waals surface area contributed by atoms with Crippen LogP contribution in [0.5, 0.6) is 0 Å². The van der Waals surface area contributed by atoms with Gasteiger partial charge in [-0.15, -0.1) is 10.2 Å². The van der Waals surface area contributed by atoms with Gasteiger partial charge in [0.2, 0.25) is 0 Å². The summed E-state index contributed by atoms with van der Waals surface area (Å²) in [5, 5.41) is 12.0. The van der Waals surface area contributed by atoms with Gasteiger partial charge in [0.05, 0.1) is 12.1 Å². The maximum Gasteiger partial charge on any atom is 0.416 e. The van der Waals surface area contributed by atoms with Crippen molar-refractivity contribution in [3.8, 4) is 0 Å². The van der Waals surface area contributed by atoms with Gasteiger partial charge in [0.1, 0.15) is 12.2 Å². The topological polar surface area (TPSA) is 63.1 Å². The zero-order valence-corrected chi connectivity index (χ0v) is 23.1. The van der Waals surface area contributed by atoms with Gasteiger partial charge in [-0.2, -0.15) is 13.2 Å². The lowest BCUT2D eigenvalue weighted by Crippen LogP contribution is -2.47.